The molecule has 0 radical (unpaired) electrons. The number of aliphatic hydroxyl groups is 2. The molecule has 0 saturated heterocycles. The summed E-state index contributed by atoms with van der Waals surface area (Å²) in [6.45, 7) is 3.07. The van der Waals surface area contributed by atoms with E-state index in [1.807, 2.05) is 0 Å². The van der Waals surface area contributed by atoms with Crippen LogP contribution in [0.25, 0.3) is 0 Å². The van der Waals surface area contributed by atoms with Crippen LogP contribution in [0.4, 0.5) is 0 Å². The summed E-state index contributed by atoms with van der Waals surface area (Å²) in [5, 5.41) is 18.2. The Bertz CT molecular complexity index is 658. The van der Waals surface area contributed by atoms with Gasteiger partial charge in [-0.3, -0.25) is 0 Å². The maximum absolute atomic E-state index is 9.57. The fourth-order valence-electron chi connectivity index (χ4n) is 0.759. The first-order chi connectivity index (χ1) is 9.12. The van der Waals surface area contributed by atoms with E-state index in [0.29, 0.717) is 0 Å². The highest BCUT2D eigenvalue weighted by atomic mass is 16.3. The number of hydrogen-bond acceptors (Lipinski definition) is 2. The Morgan fingerprint density at radius 2 is 1.21 bits per heavy atom. The maximum atomic E-state index is 9.57. The second-order valence-electron chi connectivity index (χ2n) is 3.37. The van der Waals surface area contributed by atoms with Gasteiger partial charge in [0.15, 0.2) is 0 Å². The summed E-state index contributed by atoms with van der Waals surface area (Å²) < 4.78 is 0. The lowest BCUT2D eigenvalue weighted by Crippen LogP contribution is -2.22. The molecule has 0 heterocycles. The van der Waals surface area contributed by atoms with Crippen molar-refractivity contribution in [1.82, 2.24) is 0 Å². The third-order valence-electron chi connectivity index (χ3n) is 1.62. The van der Waals surface area contributed by atoms with Gasteiger partial charge in [-0.1, -0.05) is 11.8 Å². The van der Waals surface area contributed by atoms with Crippen LogP contribution in [0.1, 0.15) is 20.3 Å². The normalized spacial score (nSPS) is 9.47. The quantitative estimate of drug-likeness (QED) is 0.683. The Kier molecular flexibility index (Phi) is 8.94. The first-order valence-electron chi connectivity index (χ1n) is 5.39. The van der Waals surface area contributed by atoms with Crippen LogP contribution in [0.2, 0.25) is 0 Å². The van der Waals surface area contributed by atoms with Gasteiger partial charge in [-0.05, 0) is 73.1 Å². The lowest BCUT2D eigenvalue weighted by atomic mass is 10.0. The smallest absolute Gasteiger partial charge is 0.125 e. The van der Waals surface area contributed by atoms with Crippen molar-refractivity contribution in [3.8, 4) is 71.0 Å². The van der Waals surface area contributed by atoms with Crippen LogP contribution in [0.15, 0.2) is 0 Å². The molecule has 0 spiro atoms. The van der Waals surface area contributed by atoms with Crippen molar-refractivity contribution in [3.63, 3.8) is 0 Å². The zero-order chi connectivity index (χ0) is 14.4. The van der Waals surface area contributed by atoms with Crippen LogP contribution >= 0.6 is 0 Å². The first kappa shape index (κ1) is 16.3. The van der Waals surface area contributed by atoms with Crippen LogP contribution in [0, 0.1) is 71.0 Å². The van der Waals surface area contributed by atoms with Crippen molar-refractivity contribution in [2.24, 2.45) is 0 Å². The predicted octanol–water partition coefficient (Wildman–Crippen LogP) is 0.160. The van der Waals surface area contributed by atoms with Crippen LogP contribution in [0.5, 0.6) is 0 Å². The maximum Gasteiger partial charge on any atom is 0.125 e. The van der Waals surface area contributed by atoms with Gasteiger partial charge in [0.25, 0.3) is 0 Å². The van der Waals surface area contributed by atoms with Gasteiger partial charge < -0.3 is 10.2 Å². The monoisotopic (exact) mass is 248 g/mol. The molecule has 0 aromatic rings. The van der Waals surface area contributed by atoms with Gasteiger partial charge in [-0.15, -0.1) is 0 Å². The molecule has 0 rings (SSSR count). The summed E-state index contributed by atoms with van der Waals surface area (Å²) in [7, 11) is 0. The van der Waals surface area contributed by atoms with Crippen LogP contribution in [-0.4, -0.2) is 22.4 Å². The van der Waals surface area contributed by atoms with Crippen molar-refractivity contribution >= 4 is 0 Å². The van der Waals surface area contributed by atoms with Gasteiger partial charge in [0.05, 0.1) is 0 Å². The first-order valence-corrected chi connectivity index (χ1v) is 5.39. The summed E-state index contributed by atoms with van der Waals surface area (Å²) in [5.41, 5.74) is -1.23. The Balaban J connectivity index is 4.39. The predicted molar refractivity (Wildman–Crippen MR) is 74.7 cm³/mol. The van der Waals surface area contributed by atoms with E-state index in [9.17, 15) is 5.11 Å². The number of rotatable bonds is 2. The van der Waals surface area contributed by atoms with E-state index in [1.54, 1.807) is 6.92 Å². The summed E-state index contributed by atoms with van der Waals surface area (Å²) in [6, 6.07) is 0. The molecule has 0 aliphatic heterocycles. The summed E-state index contributed by atoms with van der Waals surface area (Å²) >= 11 is 0. The van der Waals surface area contributed by atoms with E-state index in [1.165, 1.54) is 6.92 Å². The minimum Gasteiger partial charge on any atom is -0.396 e. The number of aliphatic hydroxyl groups excluding tert-OH is 1. The highest BCUT2D eigenvalue weighted by molar-refractivity contribution is 5.44. The summed E-state index contributed by atoms with van der Waals surface area (Å²) in [6.07, 6.45) is 0.179. The fourth-order valence-corrected chi connectivity index (χ4v) is 0.759. The van der Waals surface area contributed by atoms with E-state index in [4.69, 9.17) is 5.11 Å². The number of hydrogen-bond donors (Lipinski definition) is 2. The minimum absolute atomic E-state index is 0.131. The van der Waals surface area contributed by atoms with Crippen LogP contribution in [0.3, 0.4) is 0 Å². The van der Waals surface area contributed by atoms with Crippen molar-refractivity contribution in [2.45, 2.75) is 25.9 Å². The average Bonchev–Trinajstić information content (AvgIpc) is 2.36. The van der Waals surface area contributed by atoms with E-state index >= 15 is 0 Å². The molecule has 0 aromatic heterocycles. The highest BCUT2D eigenvalue weighted by Gasteiger charge is 2.14. The molecule has 19 heavy (non-hydrogen) atoms. The molecular weight excluding hydrogens is 236 g/mol. The third kappa shape index (κ3) is 11.5. The van der Waals surface area contributed by atoms with Gasteiger partial charge in [-0.2, -0.15) is 0 Å². The van der Waals surface area contributed by atoms with E-state index in [-0.39, 0.29) is 13.0 Å². The zero-order valence-electron chi connectivity index (χ0n) is 10.8. The molecule has 1 atom stereocenters. The molecule has 2 nitrogen and oxygen atoms in total. The standard InChI is InChI=1S/C17H12O2/c1-3-4-5-6-7-8-9-10-11-12-13-14-17(2,19)15-16-18/h18-19H,15-16H2,1-2H3. The second-order valence-corrected chi connectivity index (χ2v) is 3.37. The molecule has 2 heteroatoms. The van der Waals surface area contributed by atoms with Gasteiger partial charge in [0, 0.05) is 13.0 Å². The topological polar surface area (TPSA) is 40.5 Å². The largest absolute Gasteiger partial charge is 0.396 e. The molecular formula is C17H12O2. The van der Waals surface area contributed by atoms with Crippen LogP contribution in [-0.2, 0) is 0 Å². The molecule has 0 aliphatic rings. The lowest BCUT2D eigenvalue weighted by Gasteiger charge is -2.12. The van der Waals surface area contributed by atoms with Gasteiger partial charge in [0.2, 0.25) is 0 Å². The molecule has 1 unspecified atom stereocenters. The molecule has 2 N–H and O–H groups in total. The van der Waals surface area contributed by atoms with E-state index < -0.39 is 5.60 Å². The molecule has 0 aliphatic carbocycles. The summed E-state index contributed by atoms with van der Waals surface area (Å²) in [4.78, 5) is 0. The minimum atomic E-state index is -1.23. The van der Waals surface area contributed by atoms with Crippen molar-refractivity contribution in [2.75, 3.05) is 6.61 Å². The Labute approximate surface area is 114 Å². The SMILES string of the molecule is CC#CC#CC#CC#CC#CC#CC(C)(O)CCO. The highest BCUT2D eigenvalue weighted by Crippen LogP contribution is 2.05. The second kappa shape index (κ2) is 10.4. The summed E-state index contributed by atoms with van der Waals surface area (Å²) in [5.74, 6) is 30.0. The molecule has 92 valence electrons. The average molecular weight is 248 g/mol. The Hall–Kier alpha value is -2.72. The molecule has 0 aromatic carbocycles. The molecule has 0 bridgehead atoms. The Morgan fingerprint density at radius 1 is 0.789 bits per heavy atom. The van der Waals surface area contributed by atoms with Gasteiger partial charge in [-0.25, -0.2) is 0 Å². The van der Waals surface area contributed by atoms with Gasteiger partial charge >= 0.3 is 0 Å². The van der Waals surface area contributed by atoms with E-state index in [0.717, 1.165) is 0 Å². The Morgan fingerprint density at radius 3 is 1.63 bits per heavy atom. The van der Waals surface area contributed by atoms with Gasteiger partial charge in [0.1, 0.15) is 5.60 Å². The lowest BCUT2D eigenvalue weighted by molar-refractivity contribution is 0.0878. The fraction of sp³-hybridized carbons (Fsp3) is 0.294. The molecule has 0 amide bonds. The van der Waals surface area contributed by atoms with Crippen molar-refractivity contribution in [1.29, 1.82) is 0 Å². The van der Waals surface area contributed by atoms with Crippen molar-refractivity contribution in [3.05, 3.63) is 0 Å². The molecule has 0 fully saturated rings. The zero-order valence-corrected chi connectivity index (χ0v) is 10.8. The van der Waals surface area contributed by atoms with Crippen molar-refractivity contribution < 1.29 is 10.2 Å². The molecule has 0 saturated carbocycles. The van der Waals surface area contributed by atoms with E-state index in [2.05, 4.69) is 71.0 Å². The third-order valence-corrected chi connectivity index (χ3v) is 1.62. The van der Waals surface area contributed by atoms with Crippen LogP contribution < -0.4 is 0 Å².